The summed E-state index contributed by atoms with van der Waals surface area (Å²) in [5.74, 6) is 0.854. The number of aromatic nitrogens is 3. The zero-order valence-corrected chi connectivity index (χ0v) is 34.4. The minimum Gasteiger partial charge on any atom is -0.456 e. The fraction of sp³-hybridized carbons (Fsp3) is 0.0588. The van der Waals surface area contributed by atoms with E-state index in [1.54, 1.807) is 0 Å². The Morgan fingerprint density at radius 2 is 1.36 bits per heavy atom. The second-order valence-corrected chi connectivity index (χ2v) is 15.0. The predicted octanol–water partition coefficient (Wildman–Crippen LogP) is 10.5. The first-order valence-corrected chi connectivity index (χ1v) is 19.4. The van der Waals surface area contributed by atoms with Gasteiger partial charge in [-0.1, -0.05) is 84.4 Å². The number of para-hydroxylation sites is 4. The van der Waals surface area contributed by atoms with Gasteiger partial charge in [-0.2, -0.15) is 5.46 Å². The quantitative estimate of drug-likeness (QED) is 0.127. The molecule has 1 aliphatic heterocycles. The number of nitrogens with zero attached hydrogens (tertiary/aromatic N) is 4. The van der Waals surface area contributed by atoms with Crippen LogP contribution in [0.4, 0.5) is 17.1 Å². The fourth-order valence-electron chi connectivity index (χ4n) is 9.08. The Hall–Kier alpha value is -6.49. The van der Waals surface area contributed by atoms with E-state index >= 15 is 0 Å². The minimum atomic E-state index is -0.183. The van der Waals surface area contributed by atoms with Crippen LogP contribution in [0.1, 0.15) is 16.7 Å². The Morgan fingerprint density at radius 3 is 2.22 bits per heavy atom. The third-order valence-electron chi connectivity index (χ3n) is 11.3. The largest absolute Gasteiger partial charge is 2.00 e. The first kappa shape index (κ1) is 35.9. The SMILES string of the molecule is Cc1cc(C)c(-n2c(-c3[c-]c4c(cc3)N(c3cccc5oc6ccccc6c35)c3ccccc3B4c3[c-]c(-c4ccccn4)ccc3)nc3ccccc32)c(C)c1.[Pt+2]. The number of furan rings is 1. The molecule has 7 aromatic carbocycles. The molecule has 0 amide bonds. The topological polar surface area (TPSA) is 47.1 Å². The Bertz CT molecular complexity index is 3180. The summed E-state index contributed by atoms with van der Waals surface area (Å²) in [6, 6.07) is 61.0. The average Bonchev–Trinajstić information content (AvgIpc) is 3.82. The van der Waals surface area contributed by atoms with Crippen LogP contribution in [0, 0.1) is 32.9 Å². The Morgan fingerprint density at radius 1 is 0.621 bits per heavy atom. The van der Waals surface area contributed by atoms with Crippen LogP contribution in [0.5, 0.6) is 0 Å². The smallest absolute Gasteiger partial charge is 0.456 e. The van der Waals surface area contributed by atoms with Crippen LogP contribution in [0.3, 0.4) is 0 Å². The van der Waals surface area contributed by atoms with Crippen molar-refractivity contribution < 1.29 is 25.5 Å². The van der Waals surface area contributed by atoms with Gasteiger partial charge in [-0.05, 0) is 91.2 Å². The molecular weight excluding hydrogens is 890 g/mol. The first-order valence-electron chi connectivity index (χ1n) is 19.4. The molecule has 0 atom stereocenters. The van der Waals surface area contributed by atoms with Crippen molar-refractivity contribution in [2.24, 2.45) is 0 Å². The number of imidazole rings is 1. The number of hydrogen-bond donors (Lipinski definition) is 0. The number of rotatable bonds is 5. The standard InChI is InChI=1S/C51H35BN4O.Pt/c1-32-28-33(2)50(34(3)29-32)56-45-21-8-6-19-42(45)54-51(56)36-25-26-44-40(31-36)52(37-15-12-14-35(30-37)41-18-10-11-27-53-41)39-17-5-7-20-43(39)55(44)46-22-13-24-48-49(46)38-16-4-9-23-47(38)57-48;/h4-29H,1-3H3;/q-2;+2. The molecule has 58 heavy (non-hydrogen) atoms. The summed E-state index contributed by atoms with van der Waals surface area (Å²) in [6.07, 6.45) is 1.84. The molecule has 4 heterocycles. The maximum absolute atomic E-state index is 6.44. The maximum atomic E-state index is 6.44. The van der Waals surface area contributed by atoms with E-state index in [1.807, 2.05) is 36.5 Å². The second-order valence-electron chi connectivity index (χ2n) is 15.0. The molecule has 1 aliphatic rings. The molecule has 0 bridgehead atoms. The molecule has 7 heteroatoms. The van der Waals surface area contributed by atoms with E-state index in [4.69, 9.17) is 9.40 Å². The van der Waals surface area contributed by atoms with Crippen molar-refractivity contribution in [2.75, 3.05) is 4.90 Å². The van der Waals surface area contributed by atoms with E-state index in [0.29, 0.717) is 0 Å². The van der Waals surface area contributed by atoms with Crippen LogP contribution in [0.25, 0.3) is 61.3 Å². The predicted molar refractivity (Wildman–Crippen MR) is 235 cm³/mol. The molecule has 0 saturated carbocycles. The van der Waals surface area contributed by atoms with Crippen LogP contribution in [-0.4, -0.2) is 21.2 Å². The van der Waals surface area contributed by atoms with Gasteiger partial charge in [0.15, 0.2) is 0 Å². The third-order valence-corrected chi connectivity index (χ3v) is 11.3. The molecule has 278 valence electrons. The van der Waals surface area contributed by atoms with Gasteiger partial charge >= 0.3 is 21.1 Å². The molecule has 11 rings (SSSR count). The van der Waals surface area contributed by atoms with E-state index < -0.39 is 0 Å². The molecule has 3 aromatic heterocycles. The molecular formula is C51H35BN4OPt. The number of benzene rings is 7. The number of hydrogen-bond acceptors (Lipinski definition) is 4. The normalized spacial score (nSPS) is 12.2. The molecule has 10 aromatic rings. The van der Waals surface area contributed by atoms with Crippen molar-refractivity contribution in [2.45, 2.75) is 20.8 Å². The number of pyridine rings is 1. The van der Waals surface area contributed by atoms with E-state index in [9.17, 15) is 0 Å². The molecule has 0 spiro atoms. The van der Waals surface area contributed by atoms with Gasteiger partial charge in [0.1, 0.15) is 11.2 Å². The number of fused-ring (bicyclic) bond motifs is 6. The van der Waals surface area contributed by atoms with Gasteiger partial charge in [0.25, 0.3) is 0 Å². The number of aryl methyl sites for hydroxylation is 3. The summed E-state index contributed by atoms with van der Waals surface area (Å²) in [4.78, 5) is 12.4. The Balaban J connectivity index is 0.00000408. The second kappa shape index (κ2) is 14.2. The van der Waals surface area contributed by atoms with Gasteiger partial charge in [0.2, 0.25) is 6.71 Å². The zero-order chi connectivity index (χ0) is 38.2. The molecule has 0 saturated heterocycles. The molecule has 0 unspecified atom stereocenters. The van der Waals surface area contributed by atoms with Gasteiger partial charge in [0, 0.05) is 28.6 Å². The monoisotopic (exact) mass is 925 g/mol. The summed E-state index contributed by atoms with van der Waals surface area (Å²) in [7, 11) is 0. The zero-order valence-electron chi connectivity index (χ0n) is 32.1. The van der Waals surface area contributed by atoms with Crippen molar-refractivity contribution in [3.63, 3.8) is 0 Å². The molecule has 5 nitrogen and oxygen atoms in total. The van der Waals surface area contributed by atoms with Crippen LogP contribution < -0.4 is 21.3 Å². The van der Waals surface area contributed by atoms with Gasteiger partial charge in [-0.15, -0.1) is 59.1 Å². The van der Waals surface area contributed by atoms with E-state index in [-0.39, 0.29) is 27.8 Å². The van der Waals surface area contributed by atoms with Gasteiger partial charge in [-0.3, -0.25) is 4.98 Å². The molecule has 0 radical (unpaired) electrons. The first-order chi connectivity index (χ1) is 28.0. The molecule has 0 N–H and O–H groups in total. The average molecular weight is 926 g/mol. The summed E-state index contributed by atoms with van der Waals surface area (Å²) in [5, 5.41) is 2.16. The fourth-order valence-corrected chi connectivity index (χ4v) is 9.08. The van der Waals surface area contributed by atoms with Crippen molar-refractivity contribution in [1.29, 1.82) is 0 Å². The summed E-state index contributed by atoms with van der Waals surface area (Å²) in [6.45, 7) is 6.36. The van der Waals surface area contributed by atoms with Crippen LogP contribution in [0.2, 0.25) is 0 Å². The van der Waals surface area contributed by atoms with Gasteiger partial charge in [0.05, 0.1) is 22.2 Å². The van der Waals surface area contributed by atoms with Crippen LogP contribution in [0.15, 0.2) is 162 Å². The molecule has 0 fully saturated rings. The maximum Gasteiger partial charge on any atom is 2.00 e. The van der Waals surface area contributed by atoms with Crippen molar-refractivity contribution in [3.05, 3.63) is 187 Å². The van der Waals surface area contributed by atoms with Gasteiger partial charge in [-0.25, -0.2) is 0 Å². The Labute approximate surface area is 352 Å². The van der Waals surface area contributed by atoms with Crippen LogP contribution in [-0.2, 0) is 21.1 Å². The minimum absolute atomic E-state index is 0. The van der Waals surface area contributed by atoms with Gasteiger partial charge < -0.3 is 18.9 Å². The summed E-state index contributed by atoms with van der Waals surface area (Å²) < 4.78 is 8.76. The summed E-state index contributed by atoms with van der Waals surface area (Å²) >= 11 is 0. The van der Waals surface area contributed by atoms with E-state index in [1.165, 1.54) is 16.7 Å². The Kier molecular flexibility index (Phi) is 8.76. The van der Waals surface area contributed by atoms with Crippen molar-refractivity contribution >= 4 is 73.1 Å². The van der Waals surface area contributed by atoms with E-state index in [0.717, 1.165) is 94.8 Å². The van der Waals surface area contributed by atoms with Crippen molar-refractivity contribution in [1.82, 2.24) is 14.5 Å². The van der Waals surface area contributed by atoms with Crippen molar-refractivity contribution in [3.8, 4) is 28.3 Å². The van der Waals surface area contributed by atoms with E-state index in [2.05, 4.69) is 169 Å². The molecule has 0 aliphatic carbocycles. The third kappa shape index (κ3) is 5.66. The van der Waals surface area contributed by atoms with Crippen LogP contribution >= 0.6 is 0 Å². The number of anilines is 3. The summed E-state index contributed by atoms with van der Waals surface area (Å²) in [5.41, 5.74) is 17.7.